The molecule has 2 fully saturated rings. The number of carbonyl (C=O) groups excluding carboxylic acids is 2. The molecule has 0 bridgehead atoms. The largest absolute Gasteiger partial charge is 0.406 e. The quantitative estimate of drug-likeness (QED) is 0.884. The van der Waals surface area contributed by atoms with Crippen LogP contribution >= 0.6 is 0 Å². The van der Waals surface area contributed by atoms with Crippen LogP contribution in [0.5, 0.6) is 0 Å². The van der Waals surface area contributed by atoms with Gasteiger partial charge in [-0.1, -0.05) is 0 Å². The number of piperidine rings is 1. The maximum absolute atomic E-state index is 12.4. The zero-order chi connectivity index (χ0) is 18.7. The summed E-state index contributed by atoms with van der Waals surface area (Å²) in [5, 5.41) is 2.64. The predicted octanol–water partition coefficient (Wildman–Crippen LogP) is 2.42. The summed E-state index contributed by atoms with van der Waals surface area (Å²) in [4.78, 5) is 31.1. The topological polar surface area (TPSA) is 65.5 Å². The third-order valence-corrected chi connectivity index (χ3v) is 4.65. The number of pyridine rings is 1. The van der Waals surface area contributed by atoms with Crippen molar-refractivity contribution in [3.63, 3.8) is 0 Å². The number of likely N-dealkylation sites (tertiary alicyclic amines) is 1. The van der Waals surface area contributed by atoms with Crippen LogP contribution in [0.15, 0.2) is 18.3 Å². The van der Waals surface area contributed by atoms with E-state index in [9.17, 15) is 22.8 Å². The summed E-state index contributed by atoms with van der Waals surface area (Å²) in [7, 11) is 0. The van der Waals surface area contributed by atoms with E-state index in [2.05, 4.69) is 15.2 Å². The highest BCUT2D eigenvalue weighted by Gasteiger charge is 2.40. The van der Waals surface area contributed by atoms with Crippen LogP contribution in [0.25, 0.3) is 0 Å². The summed E-state index contributed by atoms with van der Waals surface area (Å²) in [6.07, 6.45) is 0.341. The Labute approximate surface area is 149 Å². The van der Waals surface area contributed by atoms with Crippen molar-refractivity contribution < 1.29 is 22.8 Å². The molecule has 3 heterocycles. The molecule has 142 valence electrons. The zero-order valence-corrected chi connectivity index (χ0v) is 14.3. The number of hydrogen-bond acceptors (Lipinski definition) is 4. The molecule has 1 atom stereocenters. The van der Waals surface area contributed by atoms with E-state index in [1.165, 1.54) is 12.6 Å². The van der Waals surface area contributed by atoms with Crippen molar-refractivity contribution in [2.75, 3.05) is 36.4 Å². The summed E-state index contributed by atoms with van der Waals surface area (Å²) in [6.45, 7) is 0.376. The second-order valence-electron chi connectivity index (χ2n) is 6.73. The first-order valence-electron chi connectivity index (χ1n) is 8.68. The lowest BCUT2D eigenvalue weighted by Crippen LogP contribution is -2.36. The van der Waals surface area contributed by atoms with Gasteiger partial charge < -0.3 is 15.1 Å². The third-order valence-electron chi connectivity index (χ3n) is 4.65. The average molecular weight is 370 g/mol. The highest BCUT2D eigenvalue weighted by molar-refractivity contribution is 5.97. The average Bonchev–Trinajstić information content (AvgIpc) is 2.95. The highest BCUT2D eigenvalue weighted by atomic mass is 19.4. The SMILES string of the molecule is O=C(Nc1ccc(N2CCCCC2)nc1)C1CC(=O)N(CC(F)(F)F)C1. The summed E-state index contributed by atoms with van der Waals surface area (Å²) in [6, 6.07) is 3.54. The van der Waals surface area contributed by atoms with Gasteiger partial charge in [0.05, 0.1) is 17.8 Å². The van der Waals surface area contributed by atoms with E-state index in [0.717, 1.165) is 31.7 Å². The van der Waals surface area contributed by atoms with Crippen molar-refractivity contribution in [3.05, 3.63) is 18.3 Å². The van der Waals surface area contributed by atoms with Gasteiger partial charge in [-0.15, -0.1) is 0 Å². The minimum absolute atomic E-state index is 0.207. The third kappa shape index (κ3) is 4.64. The van der Waals surface area contributed by atoms with Gasteiger partial charge in [-0.25, -0.2) is 4.98 Å². The molecule has 0 aromatic carbocycles. The van der Waals surface area contributed by atoms with Crippen molar-refractivity contribution in [1.29, 1.82) is 0 Å². The van der Waals surface area contributed by atoms with Gasteiger partial charge in [0.2, 0.25) is 11.8 Å². The van der Waals surface area contributed by atoms with Crippen LogP contribution in [0.2, 0.25) is 0 Å². The van der Waals surface area contributed by atoms with Gasteiger partial charge in [-0.05, 0) is 31.4 Å². The number of halogens is 3. The van der Waals surface area contributed by atoms with E-state index in [4.69, 9.17) is 0 Å². The van der Waals surface area contributed by atoms with E-state index in [0.29, 0.717) is 10.6 Å². The van der Waals surface area contributed by atoms with Crippen molar-refractivity contribution >= 4 is 23.3 Å². The van der Waals surface area contributed by atoms with E-state index in [-0.39, 0.29) is 13.0 Å². The van der Waals surface area contributed by atoms with Crippen molar-refractivity contribution in [2.24, 2.45) is 5.92 Å². The first kappa shape index (κ1) is 18.5. The molecule has 0 aliphatic carbocycles. The van der Waals surface area contributed by atoms with Gasteiger partial charge in [0.15, 0.2) is 0 Å². The van der Waals surface area contributed by atoms with Crippen LogP contribution in [0.1, 0.15) is 25.7 Å². The molecular formula is C17H21F3N4O2. The molecule has 1 aromatic heterocycles. The Morgan fingerprint density at radius 3 is 2.58 bits per heavy atom. The number of aromatic nitrogens is 1. The molecule has 1 unspecified atom stereocenters. The molecule has 3 rings (SSSR count). The minimum Gasteiger partial charge on any atom is -0.357 e. The maximum atomic E-state index is 12.4. The minimum atomic E-state index is -4.46. The number of anilines is 2. The number of carbonyl (C=O) groups is 2. The molecular weight excluding hydrogens is 349 g/mol. The fourth-order valence-corrected chi connectivity index (χ4v) is 3.33. The molecule has 2 saturated heterocycles. The van der Waals surface area contributed by atoms with Gasteiger partial charge in [0.25, 0.3) is 0 Å². The Hall–Kier alpha value is -2.32. The molecule has 26 heavy (non-hydrogen) atoms. The van der Waals surface area contributed by atoms with Crippen LogP contribution in [0, 0.1) is 5.92 Å². The molecule has 6 nitrogen and oxygen atoms in total. The Morgan fingerprint density at radius 1 is 1.23 bits per heavy atom. The monoisotopic (exact) mass is 370 g/mol. The molecule has 0 saturated carbocycles. The van der Waals surface area contributed by atoms with E-state index >= 15 is 0 Å². The van der Waals surface area contributed by atoms with Crippen LogP contribution in [-0.2, 0) is 9.59 Å². The second-order valence-corrected chi connectivity index (χ2v) is 6.73. The summed E-state index contributed by atoms with van der Waals surface area (Å²) >= 11 is 0. The van der Waals surface area contributed by atoms with Gasteiger partial charge in [-0.2, -0.15) is 13.2 Å². The highest BCUT2D eigenvalue weighted by Crippen LogP contribution is 2.25. The second kappa shape index (κ2) is 7.51. The van der Waals surface area contributed by atoms with Crippen LogP contribution < -0.4 is 10.2 Å². The molecule has 0 spiro atoms. The van der Waals surface area contributed by atoms with E-state index in [1.807, 2.05) is 6.07 Å². The lowest BCUT2D eigenvalue weighted by molar-refractivity contribution is -0.157. The van der Waals surface area contributed by atoms with Crippen LogP contribution in [-0.4, -0.2) is 54.1 Å². The standard InChI is InChI=1S/C17H21F3N4O2/c18-17(19,20)11-24-10-12(8-15(24)25)16(26)22-13-4-5-14(21-9-13)23-6-2-1-3-7-23/h4-5,9,12H,1-3,6-8,10-11H2,(H,22,26). The van der Waals surface area contributed by atoms with Crippen LogP contribution in [0.4, 0.5) is 24.7 Å². The van der Waals surface area contributed by atoms with E-state index in [1.54, 1.807) is 6.07 Å². The van der Waals surface area contributed by atoms with E-state index < -0.39 is 30.5 Å². The molecule has 0 radical (unpaired) electrons. The molecule has 9 heteroatoms. The number of nitrogens with zero attached hydrogens (tertiary/aromatic N) is 3. The fraction of sp³-hybridized carbons (Fsp3) is 0.588. The van der Waals surface area contributed by atoms with Gasteiger partial charge in [-0.3, -0.25) is 9.59 Å². The molecule has 2 aliphatic rings. The number of rotatable bonds is 4. The lowest BCUT2D eigenvalue weighted by Gasteiger charge is -2.27. The summed E-state index contributed by atoms with van der Waals surface area (Å²) < 4.78 is 37.3. The fourth-order valence-electron chi connectivity index (χ4n) is 3.33. The normalized spacial score (nSPS) is 21.2. The van der Waals surface area contributed by atoms with Crippen molar-refractivity contribution in [1.82, 2.24) is 9.88 Å². The number of alkyl halides is 3. The molecule has 2 aliphatic heterocycles. The summed E-state index contributed by atoms with van der Waals surface area (Å²) in [5.74, 6) is -1.06. The Bertz CT molecular complexity index is 657. The van der Waals surface area contributed by atoms with Gasteiger partial charge in [0.1, 0.15) is 12.4 Å². The number of nitrogens with one attached hydrogen (secondary N) is 1. The molecule has 1 aromatic rings. The first-order chi connectivity index (χ1) is 12.3. The van der Waals surface area contributed by atoms with Gasteiger partial charge >= 0.3 is 6.18 Å². The first-order valence-corrected chi connectivity index (χ1v) is 8.68. The Kier molecular flexibility index (Phi) is 5.33. The lowest BCUT2D eigenvalue weighted by atomic mass is 10.1. The zero-order valence-electron chi connectivity index (χ0n) is 14.3. The molecule has 1 N–H and O–H groups in total. The van der Waals surface area contributed by atoms with Crippen molar-refractivity contribution in [2.45, 2.75) is 31.9 Å². The Morgan fingerprint density at radius 2 is 1.96 bits per heavy atom. The predicted molar refractivity (Wildman–Crippen MR) is 89.7 cm³/mol. The van der Waals surface area contributed by atoms with Crippen LogP contribution in [0.3, 0.4) is 0 Å². The molecule has 2 amide bonds. The smallest absolute Gasteiger partial charge is 0.357 e. The Balaban J connectivity index is 1.55. The van der Waals surface area contributed by atoms with Gasteiger partial charge in [0, 0.05) is 26.1 Å². The maximum Gasteiger partial charge on any atom is 0.406 e. The number of hydrogen-bond donors (Lipinski definition) is 1. The summed E-state index contributed by atoms with van der Waals surface area (Å²) in [5.41, 5.74) is 0.470. The number of amides is 2. The van der Waals surface area contributed by atoms with Crippen molar-refractivity contribution in [3.8, 4) is 0 Å².